The summed E-state index contributed by atoms with van der Waals surface area (Å²) in [6.45, 7) is 11.5. The van der Waals surface area contributed by atoms with Crippen LogP contribution in [0.15, 0.2) is 30.3 Å². The minimum Gasteiger partial charge on any atom is -0.403 e. The Hall–Kier alpha value is -3.22. The fraction of sp³-hybridized carbons (Fsp3) is 0.643. The van der Waals surface area contributed by atoms with E-state index in [0.29, 0.717) is 39.3 Å². The average molecular weight is 563 g/mol. The number of rotatable bonds is 13. The van der Waals surface area contributed by atoms with Crippen LogP contribution in [0.25, 0.3) is 0 Å². The number of fused-ring (bicyclic) bond motifs is 3. The molecule has 1 N–H and O–H groups in total. The summed E-state index contributed by atoms with van der Waals surface area (Å²) in [5.74, 6) is -5.40. The second kappa shape index (κ2) is 13.9. The smallest absolute Gasteiger partial charge is 0.359 e. The first-order valence-corrected chi connectivity index (χ1v) is 14.1. The molecule has 1 aromatic rings. The van der Waals surface area contributed by atoms with Crippen molar-refractivity contribution in [3.8, 4) is 0 Å². The summed E-state index contributed by atoms with van der Waals surface area (Å²) in [6, 6.07) is 8.51. The van der Waals surface area contributed by atoms with Gasteiger partial charge in [0.1, 0.15) is 0 Å². The second-order valence-corrected chi connectivity index (χ2v) is 10.0. The summed E-state index contributed by atoms with van der Waals surface area (Å²) in [4.78, 5) is 64.2. The van der Waals surface area contributed by atoms with Gasteiger partial charge >= 0.3 is 29.9 Å². The van der Waals surface area contributed by atoms with E-state index in [0.717, 1.165) is 15.5 Å². The zero-order chi connectivity index (χ0) is 29.3. The Morgan fingerprint density at radius 1 is 0.825 bits per heavy atom. The van der Waals surface area contributed by atoms with Gasteiger partial charge in [-0.25, -0.2) is 19.3 Å². The summed E-state index contributed by atoms with van der Waals surface area (Å²) in [7, 11) is 0. The van der Waals surface area contributed by atoms with Crippen LogP contribution in [0.2, 0.25) is 0 Å². The molecule has 12 heteroatoms. The average Bonchev–Trinajstić information content (AvgIpc) is 3.03. The SMILES string of the molecule is CCN(CC)CCN1OC(=O)CC2(O)CC(=O)OC(CCc3ccccc3)(OC2=O)N(CCN(CC)CC)C1=O. The quantitative estimate of drug-likeness (QED) is 0.355. The Kier molecular flexibility index (Phi) is 10.9. The second-order valence-electron chi connectivity index (χ2n) is 10.0. The third-order valence-electron chi connectivity index (χ3n) is 7.47. The predicted molar refractivity (Wildman–Crippen MR) is 144 cm³/mol. The van der Waals surface area contributed by atoms with Gasteiger partial charge in [0.15, 0.2) is 5.60 Å². The maximum Gasteiger partial charge on any atom is 0.359 e. The van der Waals surface area contributed by atoms with Gasteiger partial charge in [0.05, 0.1) is 25.8 Å². The highest BCUT2D eigenvalue weighted by atomic mass is 16.8. The van der Waals surface area contributed by atoms with Gasteiger partial charge in [-0.15, -0.1) is 0 Å². The standard InChI is InChI=1S/C28H42N4O8/c1-5-29(6-2)16-18-31-26(36)32(19-17-30(7-3)8-4)40-24(34)21-27(37)20-23(33)38-28(31,39-25(27)35)15-14-22-12-10-9-11-13-22/h9-13,37H,5-8,14-21H2,1-4H3. The molecule has 0 radical (unpaired) electrons. The molecule has 2 amide bonds. The molecule has 2 heterocycles. The van der Waals surface area contributed by atoms with Crippen molar-refractivity contribution in [1.29, 1.82) is 0 Å². The summed E-state index contributed by atoms with van der Waals surface area (Å²) < 4.78 is 11.6. The molecule has 2 unspecified atom stereocenters. The molecular weight excluding hydrogens is 520 g/mol. The van der Waals surface area contributed by atoms with Gasteiger partial charge in [-0.05, 0) is 38.2 Å². The van der Waals surface area contributed by atoms with Crippen LogP contribution in [-0.2, 0) is 35.1 Å². The Bertz CT molecular complexity index is 1030. The fourth-order valence-corrected chi connectivity index (χ4v) is 4.89. The van der Waals surface area contributed by atoms with Gasteiger partial charge in [0, 0.05) is 19.6 Å². The molecule has 222 valence electrons. The third-order valence-corrected chi connectivity index (χ3v) is 7.47. The lowest BCUT2D eigenvalue weighted by molar-refractivity contribution is -0.284. The van der Waals surface area contributed by atoms with Crippen LogP contribution in [0.1, 0.15) is 52.5 Å². The number of urea groups is 1. The molecule has 0 aromatic heterocycles. The van der Waals surface area contributed by atoms with Crippen molar-refractivity contribution in [3.63, 3.8) is 0 Å². The highest BCUT2D eigenvalue weighted by molar-refractivity contribution is 5.92. The van der Waals surface area contributed by atoms with Crippen LogP contribution >= 0.6 is 0 Å². The molecule has 1 aromatic carbocycles. The van der Waals surface area contributed by atoms with E-state index in [-0.39, 0.29) is 25.9 Å². The molecule has 40 heavy (non-hydrogen) atoms. The van der Waals surface area contributed by atoms with E-state index in [2.05, 4.69) is 9.80 Å². The topological polar surface area (TPSA) is 129 Å². The third kappa shape index (κ3) is 7.49. The van der Waals surface area contributed by atoms with Crippen molar-refractivity contribution in [3.05, 3.63) is 35.9 Å². The first-order chi connectivity index (χ1) is 19.1. The molecular formula is C28H42N4O8. The zero-order valence-corrected chi connectivity index (χ0v) is 24.0. The van der Waals surface area contributed by atoms with Gasteiger partial charge in [0.2, 0.25) is 0 Å². The molecule has 0 aliphatic carbocycles. The number of hydroxylamine groups is 2. The van der Waals surface area contributed by atoms with Crippen molar-refractivity contribution in [2.24, 2.45) is 0 Å². The van der Waals surface area contributed by atoms with Crippen LogP contribution in [0.3, 0.4) is 0 Å². The number of nitrogens with zero attached hydrogens (tertiary/aromatic N) is 4. The Morgan fingerprint density at radius 2 is 1.40 bits per heavy atom. The number of carbonyl (C=O) groups is 4. The Morgan fingerprint density at radius 3 is 2.00 bits per heavy atom. The first kappa shape index (κ1) is 31.3. The zero-order valence-electron chi connectivity index (χ0n) is 24.0. The van der Waals surface area contributed by atoms with Crippen molar-refractivity contribution in [2.45, 2.75) is 64.9 Å². The number of benzene rings is 1. The number of carbonyl (C=O) groups excluding carboxylic acids is 4. The lowest BCUT2D eigenvalue weighted by Gasteiger charge is -2.43. The van der Waals surface area contributed by atoms with Crippen LogP contribution in [-0.4, -0.2) is 113 Å². The van der Waals surface area contributed by atoms with Crippen molar-refractivity contribution < 1.29 is 38.6 Å². The normalized spacial score (nSPS) is 23.8. The van der Waals surface area contributed by atoms with Crippen molar-refractivity contribution in [2.75, 3.05) is 52.4 Å². The van der Waals surface area contributed by atoms with Crippen LogP contribution in [0.4, 0.5) is 4.79 Å². The molecule has 2 fully saturated rings. The molecule has 2 saturated heterocycles. The lowest BCUT2D eigenvalue weighted by atomic mass is 9.96. The predicted octanol–water partition coefficient (Wildman–Crippen LogP) is 1.76. The van der Waals surface area contributed by atoms with Crippen LogP contribution < -0.4 is 0 Å². The minimum absolute atomic E-state index is 0.00634. The molecule has 0 saturated carbocycles. The highest BCUT2D eigenvalue weighted by Gasteiger charge is 2.58. The number of esters is 2. The molecule has 2 aliphatic rings. The molecule has 12 nitrogen and oxygen atoms in total. The molecule has 0 spiro atoms. The van der Waals surface area contributed by atoms with E-state index >= 15 is 0 Å². The Balaban J connectivity index is 2.10. The van der Waals surface area contributed by atoms with Gasteiger partial charge in [-0.2, -0.15) is 5.06 Å². The summed E-state index contributed by atoms with van der Waals surface area (Å²) >= 11 is 0. The van der Waals surface area contributed by atoms with E-state index in [1.165, 1.54) is 0 Å². The number of amides is 2. The van der Waals surface area contributed by atoms with Crippen molar-refractivity contribution in [1.82, 2.24) is 19.8 Å². The van der Waals surface area contributed by atoms with Gasteiger partial charge in [-0.1, -0.05) is 58.0 Å². The van der Waals surface area contributed by atoms with E-state index < -0.39 is 48.3 Å². The summed E-state index contributed by atoms with van der Waals surface area (Å²) in [5.41, 5.74) is -1.64. The van der Waals surface area contributed by atoms with E-state index in [9.17, 15) is 24.3 Å². The number of aliphatic hydroxyl groups is 1. The lowest BCUT2D eigenvalue weighted by Crippen LogP contribution is -2.63. The molecule has 2 bridgehead atoms. The molecule has 2 atom stereocenters. The number of likely N-dealkylation sites (N-methyl/N-ethyl adjacent to an activating group) is 2. The molecule has 3 rings (SSSR count). The minimum atomic E-state index is -2.50. The monoisotopic (exact) mass is 562 g/mol. The van der Waals surface area contributed by atoms with Gasteiger partial charge in [-0.3, -0.25) is 4.79 Å². The first-order valence-electron chi connectivity index (χ1n) is 14.1. The van der Waals surface area contributed by atoms with Crippen LogP contribution in [0.5, 0.6) is 0 Å². The summed E-state index contributed by atoms with van der Waals surface area (Å²) in [6.07, 6.45) is -1.49. The maximum atomic E-state index is 14.2. The van der Waals surface area contributed by atoms with E-state index in [1.807, 2.05) is 58.0 Å². The van der Waals surface area contributed by atoms with E-state index in [1.54, 1.807) is 0 Å². The fourth-order valence-electron chi connectivity index (χ4n) is 4.89. The highest BCUT2D eigenvalue weighted by Crippen LogP contribution is 2.36. The number of ether oxygens (including phenoxy) is 2. The largest absolute Gasteiger partial charge is 0.403 e. The van der Waals surface area contributed by atoms with Crippen molar-refractivity contribution >= 4 is 23.9 Å². The number of hydrogen-bond acceptors (Lipinski definition) is 10. The van der Waals surface area contributed by atoms with Crippen LogP contribution in [0, 0.1) is 0 Å². The number of hydrogen-bond donors (Lipinski definition) is 1. The van der Waals surface area contributed by atoms with Gasteiger partial charge < -0.3 is 29.2 Å². The maximum absolute atomic E-state index is 14.2. The summed E-state index contributed by atoms with van der Waals surface area (Å²) in [5, 5.41) is 12.1. The molecule has 2 aliphatic heterocycles. The van der Waals surface area contributed by atoms with E-state index in [4.69, 9.17) is 14.3 Å². The van der Waals surface area contributed by atoms with Gasteiger partial charge in [0.25, 0.3) is 0 Å². The number of aryl methyl sites for hydroxylation is 1. The Labute approximate surface area is 235 Å².